The second-order valence-corrected chi connectivity index (χ2v) is 3.59. The van der Waals surface area contributed by atoms with Crippen LogP contribution in [-0.2, 0) is 0 Å². The van der Waals surface area contributed by atoms with E-state index in [0.717, 1.165) is 11.5 Å². The molecule has 0 unspecified atom stereocenters. The first-order valence-electron chi connectivity index (χ1n) is 5.11. The lowest BCUT2D eigenvalue weighted by molar-refractivity contribution is 0.0697. The van der Waals surface area contributed by atoms with Crippen molar-refractivity contribution in [2.75, 3.05) is 5.73 Å². The molecule has 2 aromatic rings. The molecule has 0 saturated carbocycles. The van der Waals surface area contributed by atoms with Gasteiger partial charge in [0, 0.05) is 5.69 Å². The predicted octanol–water partition coefficient (Wildman–Crippen LogP) is 2.86. The summed E-state index contributed by atoms with van der Waals surface area (Å²) in [4.78, 5) is 10.3. The van der Waals surface area contributed by atoms with Crippen molar-refractivity contribution >= 4 is 11.7 Å². The number of hydrogen-bond acceptors (Lipinski definition) is 3. The zero-order valence-electron chi connectivity index (χ0n) is 9.81. The molecule has 0 amide bonds. The molecule has 1 heterocycles. The molecule has 0 aliphatic rings. The molecule has 4 nitrogen and oxygen atoms in total. The van der Waals surface area contributed by atoms with Gasteiger partial charge in [-0.2, -0.15) is 0 Å². The number of hydrogen-bond donors (Lipinski definition) is 2. The van der Waals surface area contributed by atoms with Crippen molar-refractivity contribution < 1.29 is 14.3 Å². The molecule has 0 atom stereocenters. The SMILES string of the molecule is Cc1ccc(C)o1.Nc1cccc(C(=O)O)c1. The van der Waals surface area contributed by atoms with Gasteiger partial charge in [0.25, 0.3) is 0 Å². The first-order valence-corrected chi connectivity index (χ1v) is 5.11. The van der Waals surface area contributed by atoms with E-state index in [1.807, 2.05) is 26.0 Å². The van der Waals surface area contributed by atoms with Crippen LogP contribution in [0.5, 0.6) is 0 Å². The second-order valence-electron chi connectivity index (χ2n) is 3.59. The summed E-state index contributed by atoms with van der Waals surface area (Å²) in [7, 11) is 0. The van der Waals surface area contributed by atoms with Gasteiger partial charge in [-0.15, -0.1) is 0 Å². The number of carbonyl (C=O) groups is 1. The minimum atomic E-state index is -0.952. The van der Waals surface area contributed by atoms with Gasteiger partial charge < -0.3 is 15.3 Å². The molecule has 0 fully saturated rings. The Bertz CT molecular complexity index is 486. The number of furan rings is 1. The Kier molecular flexibility index (Phi) is 4.34. The van der Waals surface area contributed by atoms with Crippen molar-refractivity contribution in [3.05, 3.63) is 53.5 Å². The molecule has 3 N–H and O–H groups in total. The summed E-state index contributed by atoms with van der Waals surface area (Å²) in [6, 6.07) is 10.1. The first-order chi connectivity index (χ1) is 7.99. The summed E-state index contributed by atoms with van der Waals surface area (Å²) in [6.07, 6.45) is 0. The maximum Gasteiger partial charge on any atom is 0.335 e. The van der Waals surface area contributed by atoms with Gasteiger partial charge in [0.05, 0.1) is 5.56 Å². The van der Waals surface area contributed by atoms with Crippen LogP contribution in [0.4, 0.5) is 5.69 Å². The van der Waals surface area contributed by atoms with E-state index in [1.54, 1.807) is 12.1 Å². The average Bonchev–Trinajstić information content (AvgIpc) is 2.63. The summed E-state index contributed by atoms with van der Waals surface area (Å²) in [6.45, 7) is 3.88. The Hall–Kier alpha value is -2.23. The zero-order chi connectivity index (χ0) is 12.8. The van der Waals surface area contributed by atoms with Crippen molar-refractivity contribution in [3.8, 4) is 0 Å². The average molecular weight is 233 g/mol. The number of aromatic carboxylic acids is 1. The van der Waals surface area contributed by atoms with Gasteiger partial charge in [-0.3, -0.25) is 0 Å². The van der Waals surface area contributed by atoms with Gasteiger partial charge in [-0.05, 0) is 44.2 Å². The number of nitrogen functional groups attached to an aromatic ring is 1. The molecule has 0 aliphatic heterocycles. The largest absolute Gasteiger partial charge is 0.478 e. The molecule has 0 aliphatic carbocycles. The standard InChI is InChI=1S/C7H7NO2.C6H8O/c8-6-3-1-2-5(4-6)7(9)10;1-5-3-4-6(2)7-5/h1-4H,8H2,(H,9,10);3-4H,1-2H3. The summed E-state index contributed by atoms with van der Waals surface area (Å²) < 4.78 is 5.08. The van der Waals surface area contributed by atoms with E-state index in [-0.39, 0.29) is 5.56 Å². The normalized spacial score (nSPS) is 9.29. The molecule has 1 aromatic carbocycles. The van der Waals surface area contributed by atoms with Gasteiger partial charge in [0.1, 0.15) is 11.5 Å². The Labute approximate surface area is 99.7 Å². The lowest BCUT2D eigenvalue weighted by Gasteiger charge is -1.93. The fourth-order valence-corrected chi connectivity index (χ4v) is 1.23. The van der Waals surface area contributed by atoms with Crippen molar-refractivity contribution in [1.82, 2.24) is 0 Å². The number of nitrogens with two attached hydrogens (primary N) is 1. The molecule has 1 aromatic heterocycles. The van der Waals surface area contributed by atoms with Crippen LogP contribution in [0.15, 0.2) is 40.8 Å². The Morgan fingerprint density at radius 3 is 2.06 bits per heavy atom. The summed E-state index contributed by atoms with van der Waals surface area (Å²) in [5.74, 6) is 1.02. The number of carboxylic acids is 1. The molecule has 0 saturated heterocycles. The molecule has 90 valence electrons. The molecule has 17 heavy (non-hydrogen) atoms. The molecule has 2 rings (SSSR count). The van der Waals surface area contributed by atoms with Gasteiger partial charge in [-0.25, -0.2) is 4.79 Å². The minimum Gasteiger partial charge on any atom is -0.478 e. The Morgan fingerprint density at radius 1 is 1.18 bits per heavy atom. The molecular weight excluding hydrogens is 218 g/mol. The quantitative estimate of drug-likeness (QED) is 0.742. The molecule has 0 bridgehead atoms. The number of benzene rings is 1. The second kappa shape index (κ2) is 5.75. The molecular formula is C13H15NO3. The van der Waals surface area contributed by atoms with Crippen LogP contribution in [0.1, 0.15) is 21.9 Å². The highest BCUT2D eigenvalue weighted by Crippen LogP contribution is 2.05. The number of anilines is 1. The van der Waals surface area contributed by atoms with Crippen LogP contribution >= 0.6 is 0 Å². The first kappa shape index (κ1) is 12.8. The lowest BCUT2D eigenvalue weighted by Crippen LogP contribution is -1.96. The molecule has 0 spiro atoms. The summed E-state index contributed by atoms with van der Waals surface area (Å²) >= 11 is 0. The third-order valence-corrected chi connectivity index (χ3v) is 2.01. The third-order valence-electron chi connectivity index (χ3n) is 2.01. The van der Waals surface area contributed by atoms with Gasteiger partial charge in [-0.1, -0.05) is 6.07 Å². The van der Waals surface area contributed by atoms with Crippen LogP contribution in [0, 0.1) is 13.8 Å². The van der Waals surface area contributed by atoms with Crippen molar-refractivity contribution in [2.24, 2.45) is 0 Å². The van der Waals surface area contributed by atoms with Crippen molar-refractivity contribution in [2.45, 2.75) is 13.8 Å². The van der Waals surface area contributed by atoms with E-state index in [1.165, 1.54) is 12.1 Å². The summed E-state index contributed by atoms with van der Waals surface area (Å²) in [5.41, 5.74) is 6.03. The highest BCUT2D eigenvalue weighted by molar-refractivity contribution is 5.88. The maximum atomic E-state index is 10.3. The molecule has 4 heteroatoms. The van der Waals surface area contributed by atoms with E-state index in [2.05, 4.69) is 0 Å². The number of rotatable bonds is 1. The lowest BCUT2D eigenvalue weighted by atomic mass is 10.2. The van der Waals surface area contributed by atoms with E-state index in [9.17, 15) is 4.79 Å². The zero-order valence-corrected chi connectivity index (χ0v) is 9.81. The van der Waals surface area contributed by atoms with E-state index in [4.69, 9.17) is 15.3 Å². The van der Waals surface area contributed by atoms with E-state index in [0.29, 0.717) is 5.69 Å². The van der Waals surface area contributed by atoms with Crippen LogP contribution in [-0.4, -0.2) is 11.1 Å². The summed E-state index contributed by atoms with van der Waals surface area (Å²) in [5, 5.41) is 8.45. The fraction of sp³-hybridized carbons (Fsp3) is 0.154. The van der Waals surface area contributed by atoms with Gasteiger partial charge in [0.2, 0.25) is 0 Å². The van der Waals surface area contributed by atoms with E-state index >= 15 is 0 Å². The van der Waals surface area contributed by atoms with Gasteiger partial charge in [0.15, 0.2) is 0 Å². The monoisotopic (exact) mass is 233 g/mol. The minimum absolute atomic E-state index is 0.222. The smallest absolute Gasteiger partial charge is 0.335 e. The van der Waals surface area contributed by atoms with Gasteiger partial charge >= 0.3 is 5.97 Å². The highest BCUT2D eigenvalue weighted by atomic mass is 16.4. The number of carboxylic acid groups (broad SMARTS) is 1. The van der Waals surface area contributed by atoms with E-state index < -0.39 is 5.97 Å². The molecule has 0 radical (unpaired) electrons. The Balaban J connectivity index is 0.000000181. The fourth-order valence-electron chi connectivity index (χ4n) is 1.23. The maximum absolute atomic E-state index is 10.3. The van der Waals surface area contributed by atoms with Crippen LogP contribution in [0.25, 0.3) is 0 Å². The van der Waals surface area contributed by atoms with Crippen molar-refractivity contribution in [1.29, 1.82) is 0 Å². The van der Waals surface area contributed by atoms with Crippen LogP contribution in [0.2, 0.25) is 0 Å². The third kappa shape index (κ3) is 4.42. The topological polar surface area (TPSA) is 76.5 Å². The predicted molar refractivity (Wildman–Crippen MR) is 66.0 cm³/mol. The number of aryl methyl sites for hydroxylation is 2. The van der Waals surface area contributed by atoms with Crippen LogP contribution in [0.3, 0.4) is 0 Å². The highest BCUT2D eigenvalue weighted by Gasteiger charge is 1.99. The van der Waals surface area contributed by atoms with Crippen molar-refractivity contribution in [3.63, 3.8) is 0 Å². The van der Waals surface area contributed by atoms with Crippen LogP contribution < -0.4 is 5.73 Å². The Morgan fingerprint density at radius 2 is 1.76 bits per heavy atom.